The third kappa shape index (κ3) is 3.62. The maximum absolute atomic E-state index is 13.0. The molecule has 2 aromatic carbocycles. The van der Waals surface area contributed by atoms with Crippen molar-refractivity contribution in [3.05, 3.63) is 98.9 Å². The number of aliphatic hydroxyl groups excluding tert-OH is 1. The summed E-state index contributed by atoms with van der Waals surface area (Å²) in [5.41, 5.74) is 1.90. The Labute approximate surface area is 183 Å². The monoisotopic (exact) mass is 441 g/mol. The van der Waals surface area contributed by atoms with Gasteiger partial charge in [-0.15, -0.1) is 0 Å². The molecule has 30 heavy (non-hydrogen) atoms. The first-order valence-electron chi connectivity index (χ1n) is 9.19. The predicted molar refractivity (Wildman–Crippen MR) is 114 cm³/mol. The fourth-order valence-electron chi connectivity index (χ4n) is 3.53. The van der Waals surface area contributed by atoms with Gasteiger partial charge in [-0.1, -0.05) is 59.1 Å². The molecule has 1 atom stereocenters. The number of likely N-dealkylation sites (tertiary alicyclic amines) is 1. The summed E-state index contributed by atoms with van der Waals surface area (Å²) in [6.07, 6.45) is 1.49. The van der Waals surface area contributed by atoms with Gasteiger partial charge in [0.05, 0.1) is 24.4 Å². The van der Waals surface area contributed by atoms with E-state index in [9.17, 15) is 14.7 Å². The first-order valence-corrected chi connectivity index (χ1v) is 9.95. The predicted octanol–water partition coefficient (Wildman–Crippen LogP) is 5.52. The van der Waals surface area contributed by atoms with E-state index < -0.39 is 17.7 Å². The number of amides is 1. The topological polar surface area (TPSA) is 70.8 Å². The van der Waals surface area contributed by atoms with Gasteiger partial charge in [0.25, 0.3) is 11.7 Å². The molecule has 2 heterocycles. The van der Waals surface area contributed by atoms with E-state index in [1.165, 1.54) is 17.2 Å². The molecule has 1 unspecified atom stereocenters. The Morgan fingerprint density at radius 1 is 1.10 bits per heavy atom. The maximum Gasteiger partial charge on any atom is 0.296 e. The lowest BCUT2D eigenvalue weighted by Crippen LogP contribution is -2.29. The molecular formula is C23H17Cl2NO4. The van der Waals surface area contributed by atoms with Gasteiger partial charge in [0.2, 0.25) is 0 Å². The van der Waals surface area contributed by atoms with Crippen LogP contribution in [0.2, 0.25) is 10.0 Å². The molecule has 3 aromatic rings. The van der Waals surface area contributed by atoms with Crippen molar-refractivity contribution in [2.75, 3.05) is 0 Å². The number of benzene rings is 2. The molecule has 4 rings (SSSR count). The summed E-state index contributed by atoms with van der Waals surface area (Å²) in [6, 6.07) is 14.4. The molecule has 1 fully saturated rings. The van der Waals surface area contributed by atoms with E-state index >= 15 is 0 Å². The number of ketones is 1. The van der Waals surface area contributed by atoms with E-state index in [1.807, 2.05) is 19.1 Å². The van der Waals surface area contributed by atoms with Crippen LogP contribution in [-0.4, -0.2) is 21.7 Å². The number of aryl methyl sites for hydroxylation is 1. The zero-order valence-electron chi connectivity index (χ0n) is 15.9. The number of furan rings is 1. The molecule has 0 saturated carbocycles. The zero-order valence-corrected chi connectivity index (χ0v) is 17.4. The molecule has 1 aliphatic rings. The smallest absolute Gasteiger partial charge is 0.296 e. The second-order valence-electron chi connectivity index (χ2n) is 7.04. The highest BCUT2D eigenvalue weighted by Crippen LogP contribution is 2.43. The van der Waals surface area contributed by atoms with Gasteiger partial charge in [-0.05, 0) is 36.8 Å². The first-order chi connectivity index (χ1) is 14.4. The summed E-state index contributed by atoms with van der Waals surface area (Å²) in [6.45, 7) is 1.96. The van der Waals surface area contributed by atoms with Crippen LogP contribution in [0, 0.1) is 6.92 Å². The Balaban J connectivity index is 1.90. The lowest BCUT2D eigenvalue weighted by Gasteiger charge is -2.25. The van der Waals surface area contributed by atoms with Crippen molar-refractivity contribution in [3.8, 4) is 0 Å². The van der Waals surface area contributed by atoms with Crippen molar-refractivity contribution in [2.24, 2.45) is 0 Å². The van der Waals surface area contributed by atoms with Crippen molar-refractivity contribution < 1.29 is 19.1 Å². The Kier molecular flexibility index (Phi) is 5.41. The number of rotatable bonds is 4. The maximum atomic E-state index is 13.0. The first kappa shape index (κ1) is 20.3. The van der Waals surface area contributed by atoms with Crippen molar-refractivity contribution in [1.29, 1.82) is 0 Å². The Morgan fingerprint density at radius 2 is 1.83 bits per heavy atom. The Bertz CT molecular complexity index is 1150. The molecule has 0 aliphatic carbocycles. The fourth-order valence-corrected chi connectivity index (χ4v) is 4.04. The quantitative estimate of drug-likeness (QED) is 0.328. The minimum Gasteiger partial charge on any atom is -0.507 e. The Morgan fingerprint density at radius 3 is 2.47 bits per heavy atom. The molecular weight excluding hydrogens is 425 g/mol. The molecule has 1 aliphatic heterocycles. The van der Waals surface area contributed by atoms with E-state index in [1.54, 1.807) is 36.4 Å². The number of aliphatic hydroxyl groups is 1. The van der Waals surface area contributed by atoms with Gasteiger partial charge in [-0.25, -0.2) is 0 Å². The largest absolute Gasteiger partial charge is 0.507 e. The number of nitrogens with zero attached hydrogens (tertiary/aromatic N) is 1. The third-order valence-corrected chi connectivity index (χ3v) is 5.59. The number of halogens is 2. The molecule has 152 valence electrons. The van der Waals surface area contributed by atoms with E-state index in [2.05, 4.69) is 0 Å². The van der Waals surface area contributed by atoms with Gasteiger partial charge in [0.1, 0.15) is 11.5 Å². The number of Topliss-reactive ketones (excluding diaryl/α,β-unsaturated/α-hetero) is 1. The standard InChI is InChI=1S/C23H17Cl2NO4/c1-13-4-6-14(7-5-13)21(27)19-20(17-9-8-15(24)11-18(17)25)26(23(29)22(19)28)12-16-3-2-10-30-16/h2-11,20,27H,12H2,1H3. The van der Waals surface area contributed by atoms with Crippen molar-refractivity contribution in [1.82, 2.24) is 4.90 Å². The minimum absolute atomic E-state index is 0.0281. The SMILES string of the molecule is Cc1ccc(C(O)=C2C(=O)C(=O)N(Cc3ccco3)C2c2ccc(Cl)cc2Cl)cc1. The second-order valence-corrected chi connectivity index (χ2v) is 7.88. The summed E-state index contributed by atoms with van der Waals surface area (Å²) in [5.74, 6) is -1.28. The molecule has 0 spiro atoms. The molecule has 5 nitrogen and oxygen atoms in total. The summed E-state index contributed by atoms with van der Waals surface area (Å²) >= 11 is 12.5. The summed E-state index contributed by atoms with van der Waals surface area (Å²) in [7, 11) is 0. The van der Waals surface area contributed by atoms with Crippen LogP contribution in [0.3, 0.4) is 0 Å². The van der Waals surface area contributed by atoms with Gasteiger partial charge in [0, 0.05) is 15.6 Å². The van der Waals surface area contributed by atoms with Crippen LogP contribution < -0.4 is 0 Å². The lowest BCUT2D eigenvalue weighted by atomic mass is 9.95. The zero-order chi connectivity index (χ0) is 21.4. The van der Waals surface area contributed by atoms with Crippen molar-refractivity contribution >= 4 is 40.7 Å². The van der Waals surface area contributed by atoms with Crippen LogP contribution >= 0.6 is 23.2 Å². The second kappa shape index (κ2) is 8.01. The summed E-state index contributed by atoms with van der Waals surface area (Å²) in [4.78, 5) is 27.2. The number of hydrogen-bond donors (Lipinski definition) is 1. The Hall–Kier alpha value is -3.02. The number of carbonyl (C=O) groups is 2. The lowest BCUT2D eigenvalue weighted by molar-refractivity contribution is -0.140. The van der Waals surface area contributed by atoms with E-state index in [-0.39, 0.29) is 22.9 Å². The van der Waals surface area contributed by atoms with Crippen LogP contribution in [0.15, 0.2) is 70.9 Å². The van der Waals surface area contributed by atoms with Gasteiger partial charge >= 0.3 is 0 Å². The van der Waals surface area contributed by atoms with Crippen molar-refractivity contribution in [3.63, 3.8) is 0 Å². The van der Waals surface area contributed by atoms with Gasteiger partial charge in [-0.2, -0.15) is 0 Å². The molecule has 1 saturated heterocycles. The van der Waals surface area contributed by atoms with Crippen molar-refractivity contribution in [2.45, 2.75) is 19.5 Å². The highest BCUT2D eigenvalue weighted by molar-refractivity contribution is 6.47. The normalized spacial score (nSPS) is 18.2. The summed E-state index contributed by atoms with van der Waals surface area (Å²) in [5, 5.41) is 11.7. The molecule has 0 radical (unpaired) electrons. The summed E-state index contributed by atoms with van der Waals surface area (Å²) < 4.78 is 5.37. The highest BCUT2D eigenvalue weighted by atomic mass is 35.5. The van der Waals surface area contributed by atoms with Crippen LogP contribution in [0.1, 0.15) is 28.5 Å². The van der Waals surface area contributed by atoms with E-state index in [4.69, 9.17) is 27.6 Å². The van der Waals surface area contributed by atoms with Gasteiger partial charge in [-0.3, -0.25) is 9.59 Å². The van der Waals surface area contributed by atoms with Gasteiger partial charge < -0.3 is 14.4 Å². The fraction of sp³-hybridized carbons (Fsp3) is 0.130. The number of carbonyl (C=O) groups excluding carboxylic acids is 2. The van der Waals surface area contributed by atoms with Crippen LogP contribution in [0.4, 0.5) is 0 Å². The minimum atomic E-state index is -0.888. The molecule has 0 bridgehead atoms. The molecule has 7 heteroatoms. The molecule has 1 aromatic heterocycles. The van der Waals surface area contributed by atoms with Crippen LogP contribution in [0.25, 0.3) is 5.76 Å². The average Bonchev–Trinajstić information content (AvgIpc) is 3.31. The third-order valence-electron chi connectivity index (χ3n) is 5.03. The van der Waals surface area contributed by atoms with Crippen LogP contribution in [0.5, 0.6) is 0 Å². The van der Waals surface area contributed by atoms with Crippen LogP contribution in [-0.2, 0) is 16.1 Å². The molecule has 1 amide bonds. The average molecular weight is 442 g/mol. The molecule has 1 N–H and O–H groups in total. The van der Waals surface area contributed by atoms with E-state index in [0.29, 0.717) is 21.9 Å². The van der Waals surface area contributed by atoms with E-state index in [0.717, 1.165) is 5.56 Å². The number of hydrogen-bond acceptors (Lipinski definition) is 4. The highest BCUT2D eigenvalue weighted by Gasteiger charge is 2.47. The van der Waals surface area contributed by atoms with Gasteiger partial charge in [0.15, 0.2) is 0 Å².